The molecule has 2 aromatic carbocycles. The van der Waals surface area contributed by atoms with Crippen LogP contribution in [0.2, 0.25) is 0 Å². The minimum absolute atomic E-state index is 0.0522. The van der Waals surface area contributed by atoms with Crippen LogP contribution in [0.25, 0.3) is 22.1 Å². The highest BCUT2D eigenvalue weighted by Crippen LogP contribution is 2.32. The lowest BCUT2D eigenvalue weighted by atomic mass is 10.0. The number of pyridine rings is 2. The van der Waals surface area contributed by atoms with Crippen molar-refractivity contribution in [3.8, 4) is 0 Å². The highest BCUT2D eigenvalue weighted by Gasteiger charge is 2.30. The number of hydrogen-bond donors (Lipinski definition) is 3. The van der Waals surface area contributed by atoms with Crippen LogP contribution in [-0.4, -0.2) is 83.1 Å². The number of nitrogens with one attached hydrogen (secondary N) is 3. The van der Waals surface area contributed by atoms with Gasteiger partial charge in [0.1, 0.15) is 34.4 Å². The monoisotopic (exact) mass is 1060 g/mol. The van der Waals surface area contributed by atoms with E-state index in [1.807, 2.05) is 15.5 Å². The fraction of sp³-hybridized carbons (Fsp3) is 0.300. The predicted octanol–water partition coefficient (Wildman–Crippen LogP) is 8.47. The molecule has 0 radical (unpaired) electrons. The number of hydrogen-bond acceptors (Lipinski definition) is 12. The molecule has 1 unspecified atom stereocenters. The molecule has 1 atom stereocenters. The first kappa shape index (κ1) is 48.2. The molecule has 2 aliphatic rings. The Kier molecular flexibility index (Phi) is 15.6. The van der Waals surface area contributed by atoms with Gasteiger partial charge in [-0.2, -0.15) is 10.2 Å². The van der Waals surface area contributed by atoms with Crippen LogP contribution < -0.4 is 9.44 Å². The van der Waals surface area contributed by atoms with Crippen molar-refractivity contribution in [2.24, 2.45) is 0 Å². The highest BCUT2D eigenvalue weighted by atomic mass is 79.9. The number of carbonyl (C=O) groups is 2. The molecule has 0 aliphatic carbocycles. The molecule has 6 aromatic rings. The van der Waals surface area contributed by atoms with Crippen molar-refractivity contribution in [3.05, 3.63) is 116 Å². The Balaban J connectivity index is 0.000000191. The quantitative estimate of drug-likeness (QED) is 0.0823. The lowest BCUT2D eigenvalue weighted by Crippen LogP contribution is -2.20. The van der Waals surface area contributed by atoms with Gasteiger partial charge in [0.05, 0.1) is 46.3 Å². The molecule has 16 nitrogen and oxygen atoms in total. The average molecular weight is 1060 g/mol. The van der Waals surface area contributed by atoms with Gasteiger partial charge in [0.15, 0.2) is 29.2 Å². The second-order valence-electron chi connectivity index (χ2n) is 13.9. The molecule has 24 heteroatoms. The summed E-state index contributed by atoms with van der Waals surface area (Å²) < 4.78 is 122. The molecule has 0 bridgehead atoms. The number of carbonyl (C=O) groups excluding carboxylic acids is 2. The Morgan fingerprint density at radius 1 is 0.812 bits per heavy atom. The van der Waals surface area contributed by atoms with Crippen molar-refractivity contribution >= 4 is 96.9 Å². The smallest absolute Gasteiger partial charge is 0.232 e. The standard InChI is InChI=1S/C20H19BrF2N4O4S.C15H11BrF2N4O3S.C5H8O/c1-2-32(29,30)26-18-14(22)7-6-12(16(18)23)19(28)17-13-9-11(21)10-24-20(13)27(25-17)15-5-3-4-8-31-15;1-2-26(24,25)22-13-10(17)4-3-8(11(13)18)14(23)12-9-5-7(16)6-19-15(9)21-20-12;1-2-4-6-5-3-1/h6-7,9-10,15,26H,2-5,8H2,1H3;3-6,22H,2H2,1H3,(H,19,20,21);2,4H,1,3,5H2. The highest BCUT2D eigenvalue weighted by molar-refractivity contribution is 9.10. The van der Waals surface area contributed by atoms with Gasteiger partial charge < -0.3 is 9.47 Å². The normalized spacial score (nSPS) is 15.1. The van der Waals surface area contributed by atoms with Gasteiger partial charge in [-0.25, -0.2) is 49.0 Å². The van der Waals surface area contributed by atoms with Crippen molar-refractivity contribution in [1.82, 2.24) is 29.9 Å². The number of nitrogens with zero attached hydrogens (tertiary/aromatic N) is 5. The number of aromatic amines is 1. The summed E-state index contributed by atoms with van der Waals surface area (Å²) in [6, 6.07) is 6.75. The molecule has 2 aliphatic heterocycles. The first-order valence-electron chi connectivity index (χ1n) is 19.4. The second kappa shape index (κ2) is 20.7. The molecule has 3 N–H and O–H groups in total. The average Bonchev–Trinajstić information content (AvgIpc) is 3.89. The SMILES string of the molecule is C1=COCCC1.CCS(=O)(=O)Nc1c(F)ccc(C(=O)c2[nH]nc3ncc(Br)cc23)c1F.CCS(=O)(=O)Nc1c(F)ccc(C(=O)c2nn(C3CCCCO3)c3ncc(Br)cc23)c1F. The Bertz CT molecular complexity index is 2980. The third-order valence-corrected chi connectivity index (χ3v) is 12.9. The number of halogens is 6. The van der Waals surface area contributed by atoms with E-state index >= 15 is 4.39 Å². The zero-order chi connectivity index (χ0) is 46.3. The van der Waals surface area contributed by atoms with E-state index in [1.165, 1.54) is 37.6 Å². The van der Waals surface area contributed by atoms with Gasteiger partial charge in [0, 0.05) is 27.9 Å². The minimum atomic E-state index is -3.97. The van der Waals surface area contributed by atoms with Crippen LogP contribution in [0.15, 0.2) is 70.1 Å². The van der Waals surface area contributed by atoms with Crippen molar-refractivity contribution in [3.63, 3.8) is 0 Å². The number of rotatable bonds is 11. The van der Waals surface area contributed by atoms with Crippen molar-refractivity contribution < 1.29 is 53.5 Å². The molecule has 1 saturated heterocycles. The zero-order valence-electron chi connectivity index (χ0n) is 33.8. The minimum Gasteiger partial charge on any atom is -0.502 e. The van der Waals surface area contributed by atoms with E-state index < -0.39 is 83.6 Å². The largest absolute Gasteiger partial charge is 0.502 e. The van der Waals surface area contributed by atoms with Gasteiger partial charge in [-0.15, -0.1) is 0 Å². The molecule has 0 amide bonds. The number of allylic oxidation sites excluding steroid dienone is 1. The van der Waals surface area contributed by atoms with Gasteiger partial charge in [-0.3, -0.25) is 24.1 Å². The fourth-order valence-corrected chi connectivity index (χ4v) is 8.13. The summed E-state index contributed by atoms with van der Waals surface area (Å²) in [6.45, 7) is 4.09. The van der Waals surface area contributed by atoms with Crippen LogP contribution in [0.3, 0.4) is 0 Å². The molecule has 4 aromatic heterocycles. The van der Waals surface area contributed by atoms with Crippen LogP contribution in [0.5, 0.6) is 0 Å². The topological polar surface area (TPSA) is 217 Å². The lowest BCUT2D eigenvalue weighted by Gasteiger charge is -2.22. The van der Waals surface area contributed by atoms with Gasteiger partial charge in [-0.1, -0.05) is 0 Å². The Morgan fingerprint density at radius 2 is 1.41 bits per heavy atom. The number of sulfonamides is 2. The number of aromatic nitrogens is 6. The molecular formula is C40H38Br2F4N8O8S2. The Morgan fingerprint density at radius 3 is 1.92 bits per heavy atom. The van der Waals surface area contributed by atoms with Crippen LogP contribution >= 0.6 is 31.9 Å². The molecule has 8 rings (SSSR count). The number of H-pyrrole nitrogens is 1. The lowest BCUT2D eigenvalue weighted by molar-refractivity contribution is -0.0371. The van der Waals surface area contributed by atoms with Crippen molar-refractivity contribution in [2.75, 3.05) is 34.2 Å². The van der Waals surface area contributed by atoms with Crippen LogP contribution in [0.1, 0.15) is 84.3 Å². The summed E-state index contributed by atoms with van der Waals surface area (Å²) in [7, 11) is -7.90. The summed E-state index contributed by atoms with van der Waals surface area (Å²) >= 11 is 6.53. The van der Waals surface area contributed by atoms with E-state index in [0.29, 0.717) is 38.4 Å². The van der Waals surface area contributed by atoms with Crippen LogP contribution in [-0.2, 0) is 29.5 Å². The number of anilines is 2. The van der Waals surface area contributed by atoms with Crippen molar-refractivity contribution in [2.45, 2.75) is 52.2 Å². The van der Waals surface area contributed by atoms with Crippen LogP contribution in [0, 0.1) is 23.3 Å². The van der Waals surface area contributed by atoms with E-state index in [2.05, 4.69) is 57.1 Å². The first-order chi connectivity index (χ1) is 30.4. The number of benzene rings is 2. The van der Waals surface area contributed by atoms with Gasteiger partial charge in [0.25, 0.3) is 0 Å². The maximum atomic E-state index is 15.1. The van der Waals surface area contributed by atoms with Crippen molar-refractivity contribution in [1.29, 1.82) is 0 Å². The third kappa shape index (κ3) is 11.1. The van der Waals surface area contributed by atoms with Crippen LogP contribution in [0.4, 0.5) is 28.9 Å². The Hall–Kier alpha value is -5.30. The summed E-state index contributed by atoms with van der Waals surface area (Å²) in [4.78, 5) is 34.3. The van der Waals surface area contributed by atoms with E-state index in [1.54, 1.807) is 24.6 Å². The van der Waals surface area contributed by atoms with E-state index in [-0.39, 0.29) is 28.5 Å². The molecule has 0 saturated carbocycles. The number of fused-ring (bicyclic) bond motifs is 2. The summed E-state index contributed by atoms with van der Waals surface area (Å²) in [5.41, 5.74) is -2.36. The molecule has 1 fully saturated rings. The fourth-order valence-electron chi connectivity index (χ4n) is 6.18. The van der Waals surface area contributed by atoms with Gasteiger partial charge in [0.2, 0.25) is 31.6 Å². The molecule has 0 spiro atoms. The van der Waals surface area contributed by atoms with E-state index in [4.69, 9.17) is 9.47 Å². The second-order valence-corrected chi connectivity index (χ2v) is 19.7. The van der Waals surface area contributed by atoms with Gasteiger partial charge in [-0.05, 0) is 120 Å². The third-order valence-electron chi connectivity index (χ3n) is 9.53. The summed E-state index contributed by atoms with van der Waals surface area (Å²) in [5, 5.41) is 11.4. The number of ketones is 2. The number of ether oxygens (including phenoxy) is 2. The maximum absolute atomic E-state index is 15.1. The first-order valence-corrected chi connectivity index (χ1v) is 24.3. The Labute approximate surface area is 380 Å². The molecule has 340 valence electrons. The maximum Gasteiger partial charge on any atom is 0.232 e. The van der Waals surface area contributed by atoms with E-state index in [9.17, 15) is 39.6 Å². The molecular weight excluding hydrogens is 1020 g/mol. The molecule has 64 heavy (non-hydrogen) atoms. The summed E-state index contributed by atoms with van der Waals surface area (Å²) in [5.74, 6) is -7.30. The van der Waals surface area contributed by atoms with Gasteiger partial charge >= 0.3 is 0 Å². The molecule has 6 heterocycles. The zero-order valence-corrected chi connectivity index (χ0v) is 38.6. The summed E-state index contributed by atoms with van der Waals surface area (Å²) in [6.07, 6.45) is 11.3. The predicted molar refractivity (Wildman–Crippen MR) is 236 cm³/mol. The van der Waals surface area contributed by atoms with E-state index in [0.717, 1.165) is 43.7 Å².